The Bertz CT molecular complexity index is 820. The minimum absolute atomic E-state index is 0.207. The predicted octanol–water partition coefficient (Wildman–Crippen LogP) is 4.63. The second kappa shape index (κ2) is 10.6. The summed E-state index contributed by atoms with van der Waals surface area (Å²) in [5, 5.41) is 2.96. The quantitative estimate of drug-likeness (QED) is 0.486. The first-order valence-electron chi connectivity index (χ1n) is 8.98. The highest BCUT2D eigenvalue weighted by molar-refractivity contribution is 6.34. The van der Waals surface area contributed by atoms with Crippen molar-refractivity contribution in [1.82, 2.24) is 0 Å². The molecule has 0 aliphatic rings. The molecule has 2 rings (SSSR count). The number of rotatable bonds is 9. The zero-order valence-corrected chi connectivity index (χ0v) is 17.0. The van der Waals surface area contributed by atoms with Crippen molar-refractivity contribution >= 4 is 29.2 Å². The summed E-state index contributed by atoms with van der Waals surface area (Å²) in [7, 11) is 1.43. The number of halogens is 1. The molecule has 2 aromatic rings. The smallest absolute Gasteiger partial charge is 0.341 e. The monoisotopic (exact) mass is 405 g/mol. The van der Waals surface area contributed by atoms with Crippen molar-refractivity contribution in [3.63, 3.8) is 0 Å². The predicted molar refractivity (Wildman–Crippen MR) is 108 cm³/mol. The SMILES string of the molecule is CCOC(=O)c1cc(Cl)c(NC(=O)CCCOc2ccc(C)cc2)cc1OC. The molecule has 0 spiro atoms. The molecule has 6 nitrogen and oxygen atoms in total. The number of hydrogen-bond acceptors (Lipinski definition) is 5. The lowest BCUT2D eigenvalue weighted by Crippen LogP contribution is -2.14. The van der Waals surface area contributed by atoms with Gasteiger partial charge in [0.1, 0.15) is 17.1 Å². The molecule has 150 valence electrons. The molecular weight excluding hydrogens is 382 g/mol. The highest BCUT2D eigenvalue weighted by Gasteiger charge is 2.18. The summed E-state index contributed by atoms with van der Waals surface area (Å²) in [6.07, 6.45) is 0.819. The van der Waals surface area contributed by atoms with Crippen molar-refractivity contribution in [2.24, 2.45) is 0 Å². The van der Waals surface area contributed by atoms with Gasteiger partial charge in [0, 0.05) is 12.5 Å². The van der Waals surface area contributed by atoms with E-state index >= 15 is 0 Å². The van der Waals surface area contributed by atoms with Gasteiger partial charge in [-0.3, -0.25) is 4.79 Å². The molecule has 7 heteroatoms. The standard InChI is InChI=1S/C21H24ClNO5/c1-4-27-21(25)16-12-17(22)18(13-19(16)26-3)23-20(24)6-5-11-28-15-9-7-14(2)8-10-15/h7-10,12-13H,4-6,11H2,1-3H3,(H,23,24). The van der Waals surface area contributed by atoms with Gasteiger partial charge < -0.3 is 19.5 Å². The fourth-order valence-electron chi connectivity index (χ4n) is 2.46. The third kappa shape index (κ3) is 6.16. The fourth-order valence-corrected chi connectivity index (χ4v) is 2.67. The van der Waals surface area contributed by atoms with Gasteiger partial charge in [0.2, 0.25) is 5.91 Å². The number of esters is 1. The van der Waals surface area contributed by atoms with Crippen molar-refractivity contribution in [1.29, 1.82) is 0 Å². The van der Waals surface area contributed by atoms with Crippen LogP contribution in [0.25, 0.3) is 0 Å². The Kier molecular flexibility index (Phi) is 8.14. The van der Waals surface area contributed by atoms with Gasteiger partial charge in [0.15, 0.2) is 0 Å². The highest BCUT2D eigenvalue weighted by Crippen LogP contribution is 2.31. The number of ether oxygens (including phenoxy) is 3. The van der Waals surface area contributed by atoms with Crippen LogP contribution in [0, 0.1) is 6.92 Å². The van der Waals surface area contributed by atoms with Crippen LogP contribution in [-0.4, -0.2) is 32.2 Å². The van der Waals surface area contributed by atoms with E-state index in [4.69, 9.17) is 25.8 Å². The van der Waals surface area contributed by atoms with Crippen molar-refractivity contribution < 1.29 is 23.8 Å². The summed E-state index contributed by atoms with van der Waals surface area (Å²) < 4.78 is 15.8. The molecule has 0 saturated carbocycles. The fraction of sp³-hybridized carbons (Fsp3) is 0.333. The maximum Gasteiger partial charge on any atom is 0.341 e. The highest BCUT2D eigenvalue weighted by atomic mass is 35.5. The van der Waals surface area contributed by atoms with Crippen LogP contribution >= 0.6 is 11.6 Å². The van der Waals surface area contributed by atoms with Crippen LogP contribution in [0.1, 0.15) is 35.7 Å². The molecule has 28 heavy (non-hydrogen) atoms. The molecule has 2 aromatic carbocycles. The lowest BCUT2D eigenvalue weighted by molar-refractivity contribution is -0.116. The number of benzene rings is 2. The van der Waals surface area contributed by atoms with Gasteiger partial charge in [-0.2, -0.15) is 0 Å². The van der Waals surface area contributed by atoms with Crippen molar-refractivity contribution in [3.8, 4) is 11.5 Å². The first-order valence-corrected chi connectivity index (χ1v) is 9.36. The van der Waals surface area contributed by atoms with Gasteiger partial charge in [-0.05, 0) is 38.5 Å². The van der Waals surface area contributed by atoms with Crippen LogP contribution in [-0.2, 0) is 9.53 Å². The van der Waals surface area contributed by atoms with Crippen LogP contribution in [0.2, 0.25) is 5.02 Å². The molecule has 0 radical (unpaired) electrons. The van der Waals surface area contributed by atoms with Gasteiger partial charge >= 0.3 is 5.97 Å². The van der Waals surface area contributed by atoms with Crippen LogP contribution < -0.4 is 14.8 Å². The molecule has 0 aliphatic carbocycles. The molecule has 0 unspecified atom stereocenters. The Hall–Kier alpha value is -2.73. The number of carbonyl (C=O) groups excluding carboxylic acids is 2. The Morgan fingerprint density at radius 1 is 1.14 bits per heavy atom. The second-order valence-corrected chi connectivity index (χ2v) is 6.47. The molecule has 0 bridgehead atoms. The summed E-state index contributed by atoms with van der Waals surface area (Å²) in [4.78, 5) is 24.1. The minimum Gasteiger partial charge on any atom is -0.496 e. The first-order chi connectivity index (χ1) is 13.4. The Morgan fingerprint density at radius 2 is 1.86 bits per heavy atom. The van der Waals surface area contributed by atoms with E-state index in [1.54, 1.807) is 6.92 Å². The third-order valence-corrected chi connectivity index (χ3v) is 4.21. The Labute approximate surface area is 169 Å². The van der Waals surface area contributed by atoms with Gasteiger partial charge in [-0.1, -0.05) is 29.3 Å². The molecule has 0 aromatic heterocycles. The average Bonchev–Trinajstić information content (AvgIpc) is 2.68. The molecule has 1 N–H and O–H groups in total. The molecule has 0 atom stereocenters. The molecular formula is C21H24ClNO5. The largest absolute Gasteiger partial charge is 0.496 e. The molecule has 0 fully saturated rings. The van der Waals surface area contributed by atoms with Crippen LogP contribution in [0.15, 0.2) is 36.4 Å². The maximum atomic E-state index is 12.2. The van der Waals surface area contributed by atoms with E-state index in [2.05, 4.69) is 5.32 Å². The molecule has 0 aliphatic heterocycles. The molecule has 1 amide bonds. The van der Waals surface area contributed by atoms with Crippen LogP contribution in [0.5, 0.6) is 11.5 Å². The first kappa shape index (κ1) is 21.6. The van der Waals surface area contributed by atoms with E-state index in [1.807, 2.05) is 31.2 Å². The molecule has 0 heterocycles. The van der Waals surface area contributed by atoms with Crippen molar-refractivity contribution in [3.05, 3.63) is 52.5 Å². The van der Waals surface area contributed by atoms with Gasteiger partial charge in [0.25, 0.3) is 0 Å². The number of nitrogens with one attached hydrogen (secondary N) is 1. The van der Waals surface area contributed by atoms with E-state index in [9.17, 15) is 9.59 Å². The van der Waals surface area contributed by atoms with Crippen LogP contribution in [0.4, 0.5) is 5.69 Å². The van der Waals surface area contributed by atoms with E-state index < -0.39 is 5.97 Å². The van der Waals surface area contributed by atoms with Crippen molar-refractivity contribution in [2.45, 2.75) is 26.7 Å². The molecule has 0 saturated heterocycles. The summed E-state index contributed by atoms with van der Waals surface area (Å²) in [6, 6.07) is 10.7. The lowest BCUT2D eigenvalue weighted by atomic mass is 10.1. The Morgan fingerprint density at radius 3 is 2.50 bits per heavy atom. The van der Waals surface area contributed by atoms with E-state index in [1.165, 1.54) is 19.2 Å². The van der Waals surface area contributed by atoms with Crippen molar-refractivity contribution in [2.75, 3.05) is 25.6 Å². The summed E-state index contributed by atoms with van der Waals surface area (Å²) >= 11 is 6.20. The third-order valence-electron chi connectivity index (χ3n) is 3.90. The van der Waals surface area contributed by atoms with E-state index in [0.29, 0.717) is 18.7 Å². The zero-order chi connectivity index (χ0) is 20.5. The maximum absolute atomic E-state index is 12.2. The number of methoxy groups -OCH3 is 1. The van der Waals surface area contributed by atoms with Gasteiger partial charge in [0.05, 0.1) is 31.0 Å². The Balaban J connectivity index is 1.90. The topological polar surface area (TPSA) is 73.9 Å². The summed E-state index contributed by atoms with van der Waals surface area (Å²) in [5.41, 5.74) is 1.74. The number of aryl methyl sites for hydroxylation is 1. The van der Waals surface area contributed by atoms with Gasteiger partial charge in [-0.15, -0.1) is 0 Å². The lowest BCUT2D eigenvalue weighted by Gasteiger charge is -2.13. The number of anilines is 1. The summed E-state index contributed by atoms with van der Waals surface area (Å²) in [5.74, 6) is 0.307. The normalized spacial score (nSPS) is 10.3. The van der Waals surface area contributed by atoms with E-state index in [0.717, 1.165) is 11.3 Å². The van der Waals surface area contributed by atoms with Crippen LogP contribution in [0.3, 0.4) is 0 Å². The van der Waals surface area contributed by atoms with Gasteiger partial charge in [-0.25, -0.2) is 4.79 Å². The number of carbonyl (C=O) groups is 2. The van der Waals surface area contributed by atoms with E-state index in [-0.39, 0.29) is 35.3 Å². The summed E-state index contributed by atoms with van der Waals surface area (Å²) in [6.45, 7) is 4.38. The number of hydrogen-bond donors (Lipinski definition) is 1. The second-order valence-electron chi connectivity index (χ2n) is 6.07. The number of amides is 1. The minimum atomic E-state index is -0.535. The zero-order valence-electron chi connectivity index (χ0n) is 16.2. The average molecular weight is 406 g/mol.